The summed E-state index contributed by atoms with van der Waals surface area (Å²) in [5.41, 5.74) is 9.11. The smallest absolute Gasteiger partial charge is 0.168 e. The van der Waals surface area contributed by atoms with Crippen molar-refractivity contribution in [2.24, 2.45) is 17.6 Å². The number of rotatable bonds is 8. The van der Waals surface area contributed by atoms with Crippen LogP contribution in [0.25, 0.3) is 11.1 Å². The minimum absolute atomic E-state index is 0.0202. The van der Waals surface area contributed by atoms with Gasteiger partial charge in [-0.05, 0) is 61.6 Å². The van der Waals surface area contributed by atoms with Crippen LogP contribution in [0.5, 0.6) is 0 Å². The summed E-state index contributed by atoms with van der Waals surface area (Å²) < 4.78 is 31.8. The lowest BCUT2D eigenvalue weighted by molar-refractivity contribution is 0.111. The molecule has 0 saturated carbocycles. The average molecular weight is 551 g/mol. The number of hydrogen-bond acceptors (Lipinski definition) is 8. The summed E-state index contributed by atoms with van der Waals surface area (Å²) in [5, 5.41) is 12.2. The SMILES string of the molecule is CC(C)C(N)c1c(-c2ccc(N3CCC(C#N)CC3)nc2)cc(C=O)nc1Nc1ccc(F)c(F)c1.CCOC. The number of piperidine rings is 1. The van der Waals surface area contributed by atoms with Crippen molar-refractivity contribution in [3.63, 3.8) is 0 Å². The highest BCUT2D eigenvalue weighted by atomic mass is 19.2. The largest absolute Gasteiger partial charge is 0.385 e. The summed E-state index contributed by atoms with van der Waals surface area (Å²) in [6, 6.07) is 10.8. The molecule has 0 aliphatic carbocycles. The Morgan fingerprint density at radius 2 is 1.90 bits per heavy atom. The van der Waals surface area contributed by atoms with Gasteiger partial charge < -0.3 is 20.7 Å². The van der Waals surface area contributed by atoms with E-state index in [9.17, 15) is 13.6 Å². The Morgan fingerprint density at radius 1 is 1.20 bits per heavy atom. The zero-order valence-corrected chi connectivity index (χ0v) is 23.3. The van der Waals surface area contributed by atoms with E-state index in [-0.39, 0.29) is 23.2 Å². The first-order valence-electron chi connectivity index (χ1n) is 13.3. The molecular weight excluding hydrogens is 514 g/mol. The first-order valence-corrected chi connectivity index (χ1v) is 13.3. The van der Waals surface area contributed by atoms with Crippen molar-refractivity contribution in [3.8, 4) is 17.2 Å². The number of methoxy groups -OCH3 is 1. The Hall–Kier alpha value is -3.94. The van der Waals surface area contributed by atoms with E-state index in [1.54, 1.807) is 19.4 Å². The molecule has 10 heteroatoms. The number of hydrogen-bond donors (Lipinski definition) is 2. The molecule has 4 rings (SSSR count). The minimum atomic E-state index is -1.000. The van der Waals surface area contributed by atoms with E-state index in [1.807, 2.05) is 32.9 Å². The third kappa shape index (κ3) is 7.58. The summed E-state index contributed by atoms with van der Waals surface area (Å²) in [4.78, 5) is 22.9. The molecule has 3 N–H and O–H groups in total. The van der Waals surface area contributed by atoms with Crippen LogP contribution in [-0.4, -0.2) is 43.1 Å². The lowest BCUT2D eigenvalue weighted by Crippen LogP contribution is -2.33. The van der Waals surface area contributed by atoms with Crippen molar-refractivity contribution < 1.29 is 18.3 Å². The fourth-order valence-corrected chi connectivity index (χ4v) is 4.32. The molecule has 2 aromatic heterocycles. The molecule has 8 nitrogen and oxygen atoms in total. The molecule has 1 saturated heterocycles. The van der Waals surface area contributed by atoms with Crippen molar-refractivity contribution >= 4 is 23.6 Å². The number of nitrogens with zero attached hydrogens (tertiary/aromatic N) is 4. The Morgan fingerprint density at radius 3 is 2.42 bits per heavy atom. The van der Waals surface area contributed by atoms with Crippen LogP contribution in [0.4, 0.5) is 26.1 Å². The Balaban J connectivity index is 0.00000103. The number of nitrogens with two attached hydrogens (primary N) is 1. The lowest BCUT2D eigenvalue weighted by Gasteiger charge is -2.30. The number of pyridine rings is 2. The normalized spacial score (nSPS) is 14.2. The lowest BCUT2D eigenvalue weighted by atomic mass is 9.90. The van der Waals surface area contributed by atoms with Gasteiger partial charge in [0.2, 0.25) is 0 Å². The predicted molar refractivity (Wildman–Crippen MR) is 152 cm³/mol. The number of ether oxygens (including phenoxy) is 1. The number of carbonyl (C=O) groups excluding carboxylic acids is 1. The second-order valence-corrected chi connectivity index (χ2v) is 9.87. The van der Waals surface area contributed by atoms with Gasteiger partial charge in [-0.2, -0.15) is 5.26 Å². The van der Waals surface area contributed by atoms with Gasteiger partial charge in [0, 0.05) is 67.8 Å². The highest BCUT2D eigenvalue weighted by Gasteiger charge is 2.24. The third-order valence-electron chi connectivity index (χ3n) is 6.78. The van der Waals surface area contributed by atoms with Crippen molar-refractivity contribution in [1.82, 2.24) is 9.97 Å². The van der Waals surface area contributed by atoms with Crippen LogP contribution in [-0.2, 0) is 4.74 Å². The molecule has 1 aromatic carbocycles. The van der Waals surface area contributed by atoms with E-state index < -0.39 is 17.7 Å². The van der Waals surface area contributed by atoms with E-state index in [0.29, 0.717) is 23.2 Å². The predicted octanol–water partition coefficient (Wildman–Crippen LogP) is 6.03. The molecule has 3 aromatic rings. The summed E-state index contributed by atoms with van der Waals surface area (Å²) in [6.07, 6.45) is 3.97. The van der Waals surface area contributed by atoms with Crippen LogP contribution in [0.1, 0.15) is 55.7 Å². The standard InChI is InChI=1S/C27H28F2N6O.C3H8O/c1-16(2)26(31)25-21(18-3-6-24(32-14-18)35-9-7-17(13-30)8-10-35)11-20(15-36)34-27(25)33-19-4-5-22(28)23(29)12-19;1-3-4-2/h3-6,11-12,14-17,26H,7-10,31H2,1-2H3,(H,33,34);3H2,1-2H3. The first kappa shape index (κ1) is 30.6. The van der Waals surface area contributed by atoms with Crippen LogP contribution in [0.15, 0.2) is 42.6 Å². The quantitative estimate of drug-likeness (QED) is 0.327. The molecule has 0 amide bonds. The zero-order valence-electron chi connectivity index (χ0n) is 23.3. The highest BCUT2D eigenvalue weighted by molar-refractivity contribution is 5.82. The van der Waals surface area contributed by atoms with Gasteiger partial charge >= 0.3 is 0 Å². The maximum absolute atomic E-state index is 13.8. The van der Waals surface area contributed by atoms with Gasteiger partial charge in [-0.25, -0.2) is 18.7 Å². The van der Waals surface area contributed by atoms with E-state index in [4.69, 9.17) is 11.0 Å². The molecule has 0 radical (unpaired) electrons. The third-order valence-corrected chi connectivity index (χ3v) is 6.78. The van der Waals surface area contributed by atoms with E-state index in [1.165, 1.54) is 6.07 Å². The number of carbonyl (C=O) groups is 1. The van der Waals surface area contributed by atoms with Gasteiger partial charge in [0.25, 0.3) is 0 Å². The van der Waals surface area contributed by atoms with E-state index in [2.05, 4.69) is 31.0 Å². The highest BCUT2D eigenvalue weighted by Crippen LogP contribution is 2.37. The maximum atomic E-state index is 13.8. The van der Waals surface area contributed by atoms with Crippen LogP contribution >= 0.6 is 0 Å². The maximum Gasteiger partial charge on any atom is 0.168 e. The van der Waals surface area contributed by atoms with Gasteiger partial charge in [0.15, 0.2) is 17.9 Å². The summed E-state index contributed by atoms with van der Waals surface area (Å²) in [6.45, 7) is 8.24. The Bertz CT molecular complexity index is 1320. The molecule has 3 heterocycles. The number of benzene rings is 1. The van der Waals surface area contributed by atoms with Gasteiger partial charge in [-0.3, -0.25) is 4.79 Å². The van der Waals surface area contributed by atoms with Crippen LogP contribution in [0.2, 0.25) is 0 Å². The fourth-order valence-electron chi connectivity index (χ4n) is 4.32. The minimum Gasteiger partial charge on any atom is -0.385 e. The van der Waals surface area contributed by atoms with Gasteiger partial charge in [-0.1, -0.05) is 13.8 Å². The number of anilines is 3. The van der Waals surface area contributed by atoms with E-state index >= 15 is 0 Å². The summed E-state index contributed by atoms with van der Waals surface area (Å²) in [5.74, 6) is -0.747. The number of nitrogens with one attached hydrogen (secondary N) is 1. The van der Waals surface area contributed by atoms with Crippen LogP contribution in [0, 0.1) is 34.8 Å². The van der Waals surface area contributed by atoms with Gasteiger partial charge in [0.1, 0.15) is 17.3 Å². The average Bonchev–Trinajstić information content (AvgIpc) is 2.98. The molecule has 0 bridgehead atoms. The van der Waals surface area contributed by atoms with E-state index in [0.717, 1.165) is 56.1 Å². The second kappa shape index (κ2) is 14.4. The molecule has 1 aliphatic heterocycles. The molecular formula is C30H36F2N6O2. The number of aldehydes is 1. The van der Waals surface area contributed by atoms with Crippen molar-refractivity contribution in [1.29, 1.82) is 5.26 Å². The molecule has 0 spiro atoms. The second-order valence-electron chi connectivity index (χ2n) is 9.87. The Labute approximate surface area is 234 Å². The number of halogens is 2. The summed E-state index contributed by atoms with van der Waals surface area (Å²) >= 11 is 0. The van der Waals surface area contributed by atoms with Crippen molar-refractivity contribution in [2.45, 2.75) is 39.7 Å². The number of aromatic nitrogens is 2. The fraction of sp³-hybridized carbons (Fsp3) is 0.400. The molecule has 212 valence electrons. The van der Waals surface area contributed by atoms with Crippen molar-refractivity contribution in [2.75, 3.05) is 37.0 Å². The van der Waals surface area contributed by atoms with Crippen molar-refractivity contribution in [3.05, 3.63) is 65.5 Å². The molecule has 1 aliphatic rings. The monoisotopic (exact) mass is 550 g/mol. The van der Waals surface area contributed by atoms with Crippen LogP contribution in [0.3, 0.4) is 0 Å². The molecule has 40 heavy (non-hydrogen) atoms. The Kier molecular flexibility index (Phi) is 11.1. The summed E-state index contributed by atoms with van der Waals surface area (Å²) in [7, 11) is 1.68. The molecule has 1 unspecified atom stereocenters. The first-order chi connectivity index (χ1) is 19.2. The zero-order chi connectivity index (χ0) is 29.2. The number of nitriles is 1. The molecule has 1 fully saturated rings. The molecule has 1 atom stereocenters. The van der Waals surface area contributed by atoms with Crippen LogP contribution < -0.4 is 16.0 Å². The topological polar surface area (TPSA) is 117 Å². The van der Waals surface area contributed by atoms with Gasteiger partial charge in [-0.15, -0.1) is 0 Å². The van der Waals surface area contributed by atoms with Gasteiger partial charge in [0.05, 0.1) is 6.07 Å².